The molecule has 2 aromatic rings. The zero-order valence-electron chi connectivity index (χ0n) is 11.8. The quantitative estimate of drug-likeness (QED) is 0.907. The lowest BCUT2D eigenvalue weighted by Gasteiger charge is -2.15. The minimum atomic E-state index is -0.455. The molecule has 2 aromatic carbocycles. The van der Waals surface area contributed by atoms with Crippen LogP contribution in [0.5, 0.6) is 5.75 Å². The molecule has 106 valence electrons. The smallest absolute Gasteiger partial charge is 0.122 e. The number of ether oxygens (including phenoxy) is 1. The summed E-state index contributed by atoms with van der Waals surface area (Å²) in [6, 6.07) is 13.6. The molecule has 0 aromatic heterocycles. The Hall–Kier alpha value is -1.51. The van der Waals surface area contributed by atoms with E-state index < -0.39 is 6.10 Å². The minimum absolute atomic E-state index is 0.455. The van der Waals surface area contributed by atoms with E-state index in [-0.39, 0.29) is 0 Å². The fourth-order valence-electron chi connectivity index (χ4n) is 2.33. The number of aryl methyl sites for hydroxylation is 1. The third-order valence-electron chi connectivity index (χ3n) is 3.41. The number of benzene rings is 2. The third kappa shape index (κ3) is 3.75. The van der Waals surface area contributed by atoms with Crippen LogP contribution in [0, 0.1) is 6.92 Å². The van der Waals surface area contributed by atoms with Gasteiger partial charge in [0.1, 0.15) is 5.75 Å². The second-order valence-corrected chi connectivity index (χ2v) is 5.38. The number of halogens is 1. The molecule has 1 N–H and O–H groups in total. The number of aliphatic hydroxyl groups excluding tert-OH is 1. The SMILES string of the molecule is COc1ccc(Cl)cc1CC(O)Cc1ccccc1C. The van der Waals surface area contributed by atoms with E-state index in [2.05, 4.69) is 13.0 Å². The maximum Gasteiger partial charge on any atom is 0.122 e. The molecule has 0 aliphatic rings. The topological polar surface area (TPSA) is 29.5 Å². The van der Waals surface area contributed by atoms with Crippen LogP contribution in [0.1, 0.15) is 16.7 Å². The fraction of sp³-hybridized carbons (Fsp3) is 0.294. The molecule has 2 nitrogen and oxygen atoms in total. The largest absolute Gasteiger partial charge is 0.496 e. The van der Waals surface area contributed by atoms with Gasteiger partial charge in [0.25, 0.3) is 0 Å². The highest BCUT2D eigenvalue weighted by Crippen LogP contribution is 2.24. The van der Waals surface area contributed by atoms with Crippen LogP contribution in [0.3, 0.4) is 0 Å². The van der Waals surface area contributed by atoms with Crippen LogP contribution in [-0.2, 0) is 12.8 Å². The Morgan fingerprint density at radius 3 is 2.50 bits per heavy atom. The summed E-state index contributed by atoms with van der Waals surface area (Å²) in [4.78, 5) is 0. The molecule has 0 aliphatic carbocycles. The molecule has 0 heterocycles. The summed E-state index contributed by atoms with van der Waals surface area (Å²) in [5.74, 6) is 0.762. The van der Waals surface area contributed by atoms with Crippen LogP contribution in [0.15, 0.2) is 42.5 Å². The summed E-state index contributed by atoms with van der Waals surface area (Å²) in [5, 5.41) is 10.9. The van der Waals surface area contributed by atoms with Crippen molar-refractivity contribution in [2.24, 2.45) is 0 Å². The maximum absolute atomic E-state index is 10.3. The molecule has 2 rings (SSSR count). The van der Waals surface area contributed by atoms with Crippen molar-refractivity contribution in [3.63, 3.8) is 0 Å². The average Bonchev–Trinajstić information content (AvgIpc) is 2.41. The molecule has 0 bridgehead atoms. The van der Waals surface area contributed by atoms with Crippen LogP contribution in [0.4, 0.5) is 0 Å². The van der Waals surface area contributed by atoms with Gasteiger partial charge in [-0.05, 0) is 48.2 Å². The van der Waals surface area contributed by atoms with Gasteiger partial charge in [0, 0.05) is 11.4 Å². The minimum Gasteiger partial charge on any atom is -0.496 e. The first-order chi connectivity index (χ1) is 9.60. The Kier molecular flexibility index (Phi) is 5.05. The Morgan fingerprint density at radius 2 is 1.80 bits per heavy atom. The van der Waals surface area contributed by atoms with Crippen molar-refractivity contribution in [3.8, 4) is 5.75 Å². The molecular formula is C17H19ClO2. The molecule has 0 amide bonds. The van der Waals surface area contributed by atoms with Crippen LogP contribution in [-0.4, -0.2) is 18.3 Å². The molecule has 0 aliphatic heterocycles. The number of aliphatic hydroxyl groups is 1. The van der Waals surface area contributed by atoms with Gasteiger partial charge in [0.15, 0.2) is 0 Å². The van der Waals surface area contributed by atoms with E-state index in [1.165, 1.54) is 11.1 Å². The highest BCUT2D eigenvalue weighted by molar-refractivity contribution is 6.30. The first kappa shape index (κ1) is 14.9. The second-order valence-electron chi connectivity index (χ2n) is 4.94. The fourth-order valence-corrected chi connectivity index (χ4v) is 2.52. The van der Waals surface area contributed by atoms with Crippen LogP contribution >= 0.6 is 11.6 Å². The molecule has 1 unspecified atom stereocenters. The molecule has 0 saturated heterocycles. The molecule has 0 radical (unpaired) electrons. The van der Waals surface area contributed by atoms with Crippen molar-refractivity contribution in [1.82, 2.24) is 0 Å². The number of methoxy groups -OCH3 is 1. The Balaban J connectivity index is 2.10. The van der Waals surface area contributed by atoms with Crippen molar-refractivity contribution in [1.29, 1.82) is 0 Å². The molecule has 0 fully saturated rings. The molecule has 1 atom stereocenters. The van der Waals surface area contributed by atoms with E-state index in [9.17, 15) is 5.11 Å². The first-order valence-electron chi connectivity index (χ1n) is 6.65. The molecule has 0 spiro atoms. The lowest BCUT2D eigenvalue weighted by Crippen LogP contribution is -2.15. The van der Waals surface area contributed by atoms with Gasteiger partial charge in [-0.1, -0.05) is 35.9 Å². The first-order valence-corrected chi connectivity index (χ1v) is 7.03. The summed E-state index contributed by atoms with van der Waals surface area (Å²) in [5.41, 5.74) is 3.30. The lowest BCUT2D eigenvalue weighted by molar-refractivity contribution is 0.174. The van der Waals surface area contributed by atoms with Gasteiger partial charge in [0.2, 0.25) is 0 Å². The van der Waals surface area contributed by atoms with E-state index >= 15 is 0 Å². The van der Waals surface area contributed by atoms with E-state index in [0.29, 0.717) is 17.9 Å². The Bertz CT molecular complexity index is 581. The molecule has 3 heteroatoms. The Morgan fingerprint density at radius 1 is 1.10 bits per heavy atom. The van der Waals surface area contributed by atoms with Gasteiger partial charge in [-0.2, -0.15) is 0 Å². The average molecular weight is 291 g/mol. The normalized spacial score (nSPS) is 12.2. The summed E-state index contributed by atoms with van der Waals surface area (Å²) in [6.45, 7) is 2.06. The summed E-state index contributed by atoms with van der Waals surface area (Å²) in [6.07, 6.45) is 0.698. The van der Waals surface area contributed by atoms with Crippen molar-refractivity contribution < 1.29 is 9.84 Å². The zero-order valence-corrected chi connectivity index (χ0v) is 12.5. The molecular weight excluding hydrogens is 272 g/mol. The monoisotopic (exact) mass is 290 g/mol. The third-order valence-corrected chi connectivity index (χ3v) is 3.65. The van der Waals surface area contributed by atoms with Gasteiger partial charge in [-0.25, -0.2) is 0 Å². The zero-order chi connectivity index (χ0) is 14.5. The standard InChI is InChI=1S/C17H19ClO2/c1-12-5-3-4-6-13(12)10-16(19)11-14-9-15(18)7-8-17(14)20-2/h3-9,16,19H,10-11H2,1-2H3. The van der Waals surface area contributed by atoms with Crippen molar-refractivity contribution in [3.05, 3.63) is 64.2 Å². The highest BCUT2D eigenvalue weighted by atomic mass is 35.5. The summed E-state index contributed by atoms with van der Waals surface area (Å²) >= 11 is 6.01. The van der Waals surface area contributed by atoms with Gasteiger partial charge in [-0.15, -0.1) is 0 Å². The van der Waals surface area contributed by atoms with E-state index in [4.69, 9.17) is 16.3 Å². The Labute approximate surface area is 125 Å². The van der Waals surface area contributed by atoms with Crippen molar-refractivity contribution in [2.75, 3.05) is 7.11 Å². The summed E-state index contributed by atoms with van der Waals surface area (Å²) < 4.78 is 5.31. The van der Waals surface area contributed by atoms with Gasteiger partial charge >= 0.3 is 0 Å². The van der Waals surface area contributed by atoms with Gasteiger partial charge in [0.05, 0.1) is 13.2 Å². The van der Waals surface area contributed by atoms with E-state index in [1.54, 1.807) is 13.2 Å². The van der Waals surface area contributed by atoms with Gasteiger partial charge in [-0.3, -0.25) is 0 Å². The molecule has 20 heavy (non-hydrogen) atoms. The number of hydrogen-bond acceptors (Lipinski definition) is 2. The van der Waals surface area contributed by atoms with Crippen LogP contribution < -0.4 is 4.74 Å². The van der Waals surface area contributed by atoms with Crippen LogP contribution in [0.2, 0.25) is 5.02 Å². The number of rotatable bonds is 5. The van der Waals surface area contributed by atoms with Crippen molar-refractivity contribution >= 4 is 11.6 Å². The second kappa shape index (κ2) is 6.78. The van der Waals surface area contributed by atoms with E-state index in [1.807, 2.05) is 30.3 Å². The molecule has 0 saturated carbocycles. The maximum atomic E-state index is 10.3. The predicted molar refractivity (Wildman–Crippen MR) is 82.6 cm³/mol. The predicted octanol–water partition coefficient (Wildman–Crippen LogP) is 3.80. The van der Waals surface area contributed by atoms with Crippen LogP contribution in [0.25, 0.3) is 0 Å². The highest BCUT2D eigenvalue weighted by Gasteiger charge is 2.12. The lowest BCUT2D eigenvalue weighted by atomic mass is 9.98. The summed E-state index contributed by atoms with van der Waals surface area (Å²) in [7, 11) is 1.63. The van der Waals surface area contributed by atoms with Gasteiger partial charge < -0.3 is 9.84 Å². The number of hydrogen-bond donors (Lipinski definition) is 1. The van der Waals surface area contributed by atoms with Crippen molar-refractivity contribution in [2.45, 2.75) is 25.9 Å². The van der Waals surface area contributed by atoms with E-state index in [0.717, 1.165) is 11.3 Å².